The van der Waals surface area contributed by atoms with E-state index in [1.165, 1.54) is 0 Å². The largest absolute Gasteiger partial charge is 0.388 e. The molecule has 1 aromatic heterocycles. The van der Waals surface area contributed by atoms with Crippen molar-refractivity contribution < 1.29 is 9.90 Å². The lowest BCUT2D eigenvalue weighted by Gasteiger charge is -2.01. The number of rotatable bonds is 3. The number of hydrogen-bond donors (Lipinski definition) is 2. The normalized spacial score (nSPS) is 10.9. The number of aromatic amines is 1. The summed E-state index contributed by atoms with van der Waals surface area (Å²) in [6.07, 6.45) is 0. The summed E-state index contributed by atoms with van der Waals surface area (Å²) in [6, 6.07) is 12.6. The summed E-state index contributed by atoms with van der Waals surface area (Å²) in [5.74, 6) is -0.319. The van der Waals surface area contributed by atoms with Crippen LogP contribution in [0, 0.1) is 0 Å². The van der Waals surface area contributed by atoms with Gasteiger partial charge in [0.2, 0.25) is 0 Å². The Kier molecular flexibility index (Phi) is 3.26. The number of carbonyl (C=O) groups excluding carboxylic acids is 1. The van der Waals surface area contributed by atoms with Gasteiger partial charge >= 0.3 is 0 Å². The molecule has 0 unspecified atom stereocenters. The van der Waals surface area contributed by atoms with Gasteiger partial charge in [-0.05, 0) is 18.2 Å². The van der Waals surface area contributed by atoms with Crippen molar-refractivity contribution in [3.63, 3.8) is 0 Å². The van der Waals surface area contributed by atoms with Gasteiger partial charge in [0.25, 0.3) is 0 Å². The topological polar surface area (TPSA) is 66.0 Å². The van der Waals surface area contributed by atoms with E-state index in [1.54, 1.807) is 24.3 Å². The lowest BCUT2D eigenvalue weighted by molar-refractivity contribution is 0.0904. The van der Waals surface area contributed by atoms with Gasteiger partial charge in [0.05, 0.1) is 10.5 Å². The van der Waals surface area contributed by atoms with Gasteiger partial charge < -0.3 is 5.11 Å². The summed E-state index contributed by atoms with van der Waals surface area (Å²) in [6.45, 7) is -0.503. The molecule has 0 amide bonds. The molecule has 3 aromatic rings. The average Bonchev–Trinajstić information content (AvgIpc) is 2.90. The molecule has 0 spiro atoms. The monoisotopic (exact) mass is 286 g/mol. The molecule has 0 saturated carbocycles. The highest BCUT2D eigenvalue weighted by molar-refractivity contribution is 6.33. The molecule has 3 rings (SSSR count). The summed E-state index contributed by atoms with van der Waals surface area (Å²) in [5, 5.41) is 17.6. The Labute approximate surface area is 120 Å². The number of fused-ring (bicyclic) bond motifs is 1. The first kappa shape index (κ1) is 12.8. The molecule has 5 heteroatoms. The van der Waals surface area contributed by atoms with Gasteiger partial charge in [0.1, 0.15) is 12.3 Å². The molecule has 0 aliphatic carbocycles. The Balaban J connectivity index is 2.16. The number of aromatic nitrogens is 2. The van der Waals surface area contributed by atoms with Crippen LogP contribution < -0.4 is 0 Å². The minimum absolute atomic E-state index is 0.319. The summed E-state index contributed by atoms with van der Waals surface area (Å²) >= 11 is 6.18. The van der Waals surface area contributed by atoms with Crippen molar-refractivity contribution in [2.45, 2.75) is 0 Å². The van der Waals surface area contributed by atoms with Gasteiger partial charge in [-0.2, -0.15) is 5.10 Å². The van der Waals surface area contributed by atoms with Crippen molar-refractivity contribution in [3.8, 4) is 11.3 Å². The van der Waals surface area contributed by atoms with Crippen molar-refractivity contribution in [1.82, 2.24) is 10.2 Å². The van der Waals surface area contributed by atoms with Crippen molar-refractivity contribution in [3.05, 3.63) is 53.1 Å². The fraction of sp³-hybridized carbons (Fsp3) is 0.0667. The Morgan fingerprint density at radius 1 is 1.25 bits per heavy atom. The number of halogens is 1. The lowest BCUT2D eigenvalue weighted by atomic mass is 10.0. The molecule has 0 atom stereocenters. The highest BCUT2D eigenvalue weighted by Crippen LogP contribution is 2.31. The second-order valence-electron chi connectivity index (χ2n) is 4.39. The predicted octanol–water partition coefficient (Wildman–Crippen LogP) is 3.06. The molecule has 100 valence electrons. The van der Waals surface area contributed by atoms with Crippen LogP contribution in [0.3, 0.4) is 0 Å². The molecule has 1 heterocycles. The predicted molar refractivity (Wildman–Crippen MR) is 78.0 cm³/mol. The second-order valence-corrected chi connectivity index (χ2v) is 4.80. The highest BCUT2D eigenvalue weighted by Gasteiger charge is 2.12. The third-order valence-corrected chi connectivity index (χ3v) is 3.49. The van der Waals surface area contributed by atoms with E-state index >= 15 is 0 Å². The Morgan fingerprint density at radius 2 is 2.05 bits per heavy atom. The summed E-state index contributed by atoms with van der Waals surface area (Å²) in [4.78, 5) is 11.5. The molecular formula is C15H11ClN2O2. The summed E-state index contributed by atoms with van der Waals surface area (Å²) in [7, 11) is 0. The van der Waals surface area contributed by atoms with Gasteiger partial charge in [-0.15, -0.1) is 0 Å². The van der Waals surface area contributed by atoms with Crippen molar-refractivity contribution in [2.24, 2.45) is 0 Å². The van der Waals surface area contributed by atoms with Gasteiger partial charge in [-0.25, -0.2) is 0 Å². The lowest BCUT2D eigenvalue weighted by Crippen LogP contribution is -2.03. The SMILES string of the molecule is O=C(CO)c1ccc2c(-c3ccccc3Cl)n[nH]c2c1. The van der Waals surface area contributed by atoms with E-state index in [1.807, 2.05) is 18.2 Å². The highest BCUT2D eigenvalue weighted by atomic mass is 35.5. The summed E-state index contributed by atoms with van der Waals surface area (Å²) in [5.41, 5.74) is 2.77. The van der Waals surface area contributed by atoms with E-state index < -0.39 is 6.61 Å². The number of Topliss-reactive ketones (excluding diaryl/α,β-unsaturated/α-hetero) is 1. The standard InChI is InChI=1S/C15H11ClN2O2/c16-12-4-2-1-3-10(12)15-11-6-5-9(14(20)8-19)7-13(11)17-18-15/h1-7,19H,8H2,(H,17,18). The van der Waals surface area contributed by atoms with Crippen molar-refractivity contribution in [2.75, 3.05) is 6.61 Å². The molecule has 0 radical (unpaired) electrons. The van der Waals surface area contributed by atoms with E-state index in [-0.39, 0.29) is 5.78 Å². The maximum atomic E-state index is 11.5. The average molecular weight is 287 g/mol. The van der Waals surface area contributed by atoms with Gasteiger partial charge in [0.15, 0.2) is 5.78 Å². The molecule has 2 aromatic carbocycles. The third-order valence-electron chi connectivity index (χ3n) is 3.16. The molecule has 0 saturated heterocycles. The van der Waals surface area contributed by atoms with Crippen LogP contribution in [0.5, 0.6) is 0 Å². The van der Waals surface area contributed by atoms with Crippen LogP contribution in [-0.4, -0.2) is 27.7 Å². The number of benzene rings is 2. The summed E-state index contributed by atoms with van der Waals surface area (Å²) < 4.78 is 0. The Morgan fingerprint density at radius 3 is 2.80 bits per heavy atom. The number of aliphatic hydroxyl groups is 1. The van der Waals surface area contributed by atoms with Gasteiger partial charge in [0, 0.05) is 16.5 Å². The minimum atomic E-state index is -0.503. The van der Waals surface area contributed by atoms with Gasteiger partial charge in [-0.1, -0.05) is 35.9 Å². The first-order chi connectivity index (χ1) is 9.70. The maximum absolute atomic E-state index is 11.5. The zero-order valence-electron chi connectivity index (χ0n) is 10.4. The van der Waals surface area contributed by atoms with E-state index in [0.717, 1.165) is 22.2 Å². The number of carbonyl (C=O) groups is 1. The van der Waals surface area contributed by atoms with Crippen LogP contribution in [0.1, 0.15) is 10.4 Å². The molecular weight excluding hydrogens is 276 g/mol. The van der Waals surface area contributed by atoms with E-state index in [9.17, 15) is 4.79 Å². The van der Waals surface area contributed by atoms with Crippen LogP contribution in [0.2, 0.25) is 5.02 Å². The fourth-order valence-corrected chi connectivity index (χ4v) is 2.37. The number of hydrogen-bond acceptors (Lipinski definition) is 3. The minimum Gasteiger partial charge on any atom is -0.388 e. The van der Waals surface area contributed by atoms with Crippen LogP contribution in [0.15, 0.2) is 42.5 Å². The van der Waals surface area contributed by atoms with Crippen LogP contribution in [0.25, 0.3) is 22.2 Å². The van der Waals surface area contributed by atoms with Crippen LogP contribution in [-0.2, 0) is 0 Å². The third kappa shape index (κ3) is 2.09. The number of ketones is 1. The smallest absolute Gasteiger partial charge is 0.188 e. The number of nitrogens with one attached hydrogen (secondary N) is 1. The van der Waals surface area contributed by atoms with Gasteiger partial charge in [-0.3, -0.25) is 9.89 Å². The van der Waals surface area contributed by atoms with Crippen LogP contribution in [0.4, 0.5) is 0 Å². The van der Waals surface area contributed by atoms with E-state index in [4.69, 9.17) is 16.7 Å². The number of nitrogens with zero attached hydrogens (tertiary/aromatic N) is 1. The first-order valence-electron chi connectivity index (χ1n) is 6.08. The number of aliphatic hydroxyl groups excluding tert-OH is 1. The fourth-order valence-electron chi connectivity index (χ4n) is 2.14. The van der Waals surface area contributed by atoms with Crippen LogP contribution >= 0.6 is 11.6 Å². The molecule has 0 fully saturated rings. The Bertz CT molecular complexity index is 795. The maximum Gasteiger partial charge on any atom is 0.188 e. The quantitative estimate of drug-likeness (QED) is 0.727. The number of H-pyrrole nitrogens is 1. The van der Waals surface area contributed by atoms with Crippen molar-refractivity contribution in [1.29, 1.82) is 0 Å². The molecule has 0 aliphatic heterocycles. The second kappa shape index (κ2) is 5.07. The zero-order chi connectivity index (χ0) is 14.1. The molecule has 0 bridgehead atoms. The van der Waals surface area contributed by atoms with E-state index in [2.05, 4.69) is 10.2 Å². The molecule has 2 N–H and O–H groups in total. The zero-order valence-corrected chi connectivity index (χ0v) is 11.2. The molecule has 20 heavy (non-hydrogen) atoms. The molecule has 4 nitrogen and oxygen atoms in total. The molecule has 0 aliphatic rings. The first-order valence-corrected chi connectivity index (χ1v) is 6.45. The van der Waals surface area contributed by atoms with E-state index in [0.29, 0.717) is 10.6 Å². The Hall–Kier alpha value is -2.17. The van der Waals surface area contributed by atoms with Crippen molar-refractivity contribution >= 4 is 28.3 Å².